The first kappa shape index (κ1) is 14.0. The second kappa shape index (κ2) is 5.83. The van der Waals surface area contributed by atoms with E-state index in [1.807, 2.05) is 12.5 Å². The molecule has 0 unspecified atom stereocenters. The number of hydrogen-bond donors (Lipinski definition) is 0. The maximum absolute atomic E-state index is 4.73. The van der Waals surface area contributed by atoms with Crippen molar-refractivity contribution in [3.8, 4) is 0 Å². The van der Waals surface area contributed by atoms with E-state index in [9.17, 15) is 0 Å². The van der Waals surface area contributed by atoms with Crippen molar-refractivity contribution >= 4 is 44.5 Å². The Morgan fingerprint density at radius 1 is 1.20 bits per heavy atom. The van der Waals surface area contributed by atoms with Gasteiger partial charge in [-0.2, -0.15) is 0 Å². The highest BCUT2D eigenvalue weighted by Crippen LogP contribution is 2.28. The van der Waals surface area contributed by atoms with Gasteiger partial charge >= 0.3 is 0 Å². The Labute approximate surface area is 130 Å². The van der Waals surface area contributed by atoms with E-state index in [0.717, 1.165) is 52.7 Å². The van der Waals surface area contributed by atoms with Crippen molar-refractivity contribution in [3.05, 3.63) is 16.7 Å². The number of anilines is 1. The molecule has 1 aliphatic rings. The van der Waals surface area contributed by atoms with Gasteiger partial charge in [0.05, 0.1) is 4.47 Å². The van der Waals surface area contributed by atoms with Crippen molar-refractivity contribution in [2.24, 2.45) is 0 Å². The topological polar surface area (TPSA) is 45.2 Å². The highest BCUT2D eigenvalue weighted by atomic mass is 79.9. The van der Waals surface area contributed by atoms with Crippen LogP contribution in [0.4, 0.5) is 5.82 Å². The van der Waals surface area contributed by atoms with Crippen LogP contribution in [0.1, 0.15) is 0 Å². The molecule has 0 atom stereocenters. The summed E-state index contributed by atoms with van der Waals surface area (Å²) in [6, 6.07) is 2.06. The van der Waals surface area contributed by atoms with E-state index in [1.165, 1.54) is 11.8 Å². The van der Waals surface area contributed by atoms with E-state index >= 15 is 0 Å². The zero-order valence-electron chi connectivity index (χ0n) is 11.5. The van der Waals surface area contributed by atoms with Gasteiger partial charge < -0.3 is 9.80 Å². The number of pyridine rings is 1. The number of nitrogens with zero attached hydrogens (tertiary/aromatic N) is 5. The molecule has 0 aliphatic carbocycles. The third-order valence-electron chi connectivity index (χ3n) is 3.47. The second-order valence-electron chi connectivity index (χ2n) is 4.85. The van der Waals surface area contributed by atoms with Crippen LogP contribution in [-0.2, 0) is 0 Å². The quantitative estimate of drug-likeness (QED) is 0.609. The fraction of sp³-hybridized carbons (Fsp3) is 0.462. The van der Waals surface area contributed by atoms with Gasteiger partial charge in [-0.3, -0.25) is 0 Å². The van der Waals surface area contributed by atoms with Gasteiger partial charge in [0, 0.05) is 37.8 Å². The molecule has 0 N–H and O–H groups in total. The second-order valence-corrected chi connectivity index (χ2v) is 6.48. The molecule has 106 valence electrons. The summed E-state index contributed by atoms with van der Waals surface area (Å²) in [5, 5.41) is 1.73. The van der Waals surface area contributed by atoms with Crippen molar-refractivity contribution in [3.63, 3.8) is 0 Å². The molecular formula is C13H16BrN5S. The summed E-state index contributed by atoms with van der Waals surface area (Å²) < 4.78 is 1.01. The summed E-state index contributed by atoms with van der Waals surface area (Å²) in [5.74, 6) is 0.983. The van der Waals surface area contributed by atoms with Crippen LogP contribution in [0.2, 0.25) is 0 Å². The average molecular weight is 354 g/mol. The normalized spacial score (nSPS) is 16.9. The molecule has 1 saturated heterocycles. The summed E-state index contributed by atoms with van der Waals surface area (Å²) in [5.41, 5.74) is 0.765. The van der Waals surface area contributed by atoms with Crippen molar-refractivity contribution in [2.75, 3.05) is 44.4 Å². The number of likely N-dealkylation sites (N-methyl/N-ethyl adjacent to an activating group) is 1. The Bertz CT molecular complexity index is 627. The smallest absolute Gasteiger partial charge is 0.189 e. The maximum atomic E-state index is 4.73. The third kappa shape index (κ3) is 2.75. The van der Waals surface area contributed by atoms with Gasteiger partial charge in [0.1, 0.15) is 5.82 Å². The Morgan fingerprint density at radius 2 is 1.95 bits per heavy atom. The van der Waals surface area contributed by atoms with E-state index in [2.05, 4.69) is 48.8 Å². The summed E-state index contributed by atoms with van der Waals surface area (Å²) in [7, 11) is 2.15. The number of thioether (sulfide) groups is 1. The lowest BCUT2D eigenvalue weighted by Crippen LogP contribution is -2.45. The van der Waals surface area contributed by atoms with E-state index < -0.39 is 0 Å². The van der Waals surface area contributed by atoms with Gasteiger partial charge in [0.15, 0.2) is 10.8 Å². The molecule has 5 nitrogen and oxygen atoms in total. The monoisotopic (exact) mass is 353 g/mol. The minimum Gasteiger partial charge on any atom is -0.353 e. The van der Waals surface area contributed by atoms with Crippen LogP contribution < -0.4 is 4.90 Å². The van der Waals surface area contributed by atoms with Gasteiger partial charge in [-0.15, -0.1) is 0 Å². The van der Waals surface area contributed by atoms with Crippen LogP contribution in [0.3, 0.4) is 0 Å². The molecule has 1 aliphatic heterocycles. The third-order valence-corrected chi connectivity index (χ3v) is 4.61. The Balaban J connectivity index is 1.99. The molecule has 0 spiro atoms. The van der Waals surface area contributed by atoms with Gasteiger partial charge in [-0.1, -0.05) is 11.8 Å². The minimum absolute atomic E-state index is 0.761. The van der Waals surface area contributed by atoms with Gasteiger partial charge in [-0.25, -0.2) is 15.0 Å². The molecule has 0 amide bonds. The lowest BCUT2D eigenvalue weighted by atomic mass is 10.3. The summed E-state index contributed by atoms with van der Waals surface area (Å²) in [6.07, 6.45) is 3.81. The number of piperazine rings is 1. The SMILES string of the molecule is CSc1ncc2cc(Br)c(N3CCN(C)CC3)nc2n1. The molecule has 3 heterocycles. The largest absolute Gasteiger partial charge is 0.353 e. The van der Waals surface area contributed by atoms with Gasteiger partial charge in [-0.05, 0) is 35.3 Å². The van der Waals surface area contributed by atoms with Crippen molar-refractivity contribution in [1.82, 2.24) is 19.9 Å². The van der Waals surface area contributed by atoms with Gasteiger partial charge in [0.2, 0.25) is 0 Å². The predicted molar refractivity (Wildman–Crippen MR) is 86.5 cm³/mol. The molecule has 20 heavy (non-hydrogen) atoms. The first-order chi connectivity index (χ1) is 9.67. The zero-order chi connectivity index (χ0) is 14.1. The molecule has 0 radical (unpaired) electrons. The number of hydrogen-bond acceptors (Lipinski definition) is 6. The molecule has 0 aromatic carbocycles. The molecule has 1 fully saturated rings. The van der Waals surface area contributed by atoms with Crippen LogP contribution in [0.25, 0.3) is 11.0 Å². The van der Waals surface area contributed by atoms with Crippen LogP contribution in [0.15, 0.2) is 21.9 Å². The van der Waals surface area contributed by atoms with Crippen LogP contribution >= 0.6 is 27.7 Å². The molecule has 7 heteroatoms. The van der Waals surface area contributed by atoms with Crippen LogP contribution in [0, 0.1) is 0 Å². The fourth-order valence-corrected chi connectivity index (χ4v) is 3.17. The molecule has 3 rings (SSSR count). The van der Waals surface area contributed by atoms with E-state index in [4.69, 9.17) is 4.98 Å². The molecule has 0 bridgehead atoms. The zero-order valence-corrected chi connectivity index (χ0v) is 13.9. The predicted octanol–water partition coefficient (Wildman–Crippen LogP) is 2.26. The van der Waals surface area contributed by atoms with Gasteiger partial charge in [0.25, 0.3) is 0 Å². The molecule has 2 aromatic rings. The molecule has 0 saturated carbocycles. The van der Waals surface area contributed by atoms with Crippen molar-refractivity contribution in [1.29, 1.82) is 0 Å². The molecular weight excluding hydrogens is 338 g/mol. The Morgan fingerprint density at radius 3 is 2.65 bits per heavy atom. The Hall–Kier alpha value is -0.920. The molecule has 2 aromatic heterocycles. The highest BCUT2D eigenvalue weighted by molar-refractivity contribution is 9.10. The van der Waals surface area contributed by atoms with Crippen LogP contribution in [0.5, 0.6) is 0 Å². The van der Waals surface area contributed by atoms with Crippen molar-refractivity contribution in [2.45, 2.75) is 5.16 Å². The van der Waals surface area contributed by atoms with Crippen LogP contribution in [-0.4, -0.2) is 59.3 Å². The number of halogens is 1. The van der Waals surface area contributed by atoms with Crippen molar-refractivity contribution < 1.29 is 0 Å². The highest BCUT2D eigenvalue weighted by Gasteiger charge is 2.18. The number of rotatable bonds is 2. The standard InChI is InChI=1S/C13H16BrN5S/c1-18-3-5-19(6-4-18)12-10(14)7-9-8-15-13(20-2)17-11(9)16-12/h7-8H,3-6H2,1-2H3. The number of aromatic nitrogens is 3. The number of fused-ring (bicyclic) bond motifs is 1. The van der Waals surface area contributed by atoms with E-state index in [-0.39, 0.29) is 0 Å². The first-order valence-corrected chi connectivity index (χ1v) is 8.50. The minimum atomic E-state index is 0.761. The summed E-state index contributed by atoms with van der Waals surface area (Å²) in [6.45, 7) is 4.11. The summed E-state index contributed by atoms with van der Waals surface area (Å²) in [4.78, 5) is 18.1. The van der Waals surface area contributed by atoms with E-state index in [1.54, 1.807) is 0 Å². The summed E-state index contributed by atoms with van der Waals surface area (Å²) >= 11 is 5.16. The first-order valence-electron chi connectivity index (χ1n) is 6.48. The average Bonchev–Trinajstić information content (AvgIpc) is 2.47. The lowest BCUT2D eigenvalue weighted by Gasteiger charge is -2.33. The Kier molecular flexibility index (Phi) is 4.09. The maximum Gasteiger partial charge on any atom is 0.189 e. The van der Waals surface area contributed by atoms with E-state index in [0.29, 0.717) is 0 Å². The fourth-order valence-electron chi connectivity index (χ4n) is 2.25. The lowest BCUT2D eigenvalue weighted by molar-refractivity contribution is 0.312.